The van der Waals surface area contributed by atoms with Gasteiger partial charge >= 0.3 is 0 Å². The van der Waals surface area contributed by atoms with E-state index in [2.05, 4.69) is 20.1 Å². The minimum Gasteiger partial charge on any atom is -0.343 e. The highest BCUT2D eigenvalue weighted by molar-refractivity contribution is 5.92. The van der Waals surface area contributed by atoms with Gasteiger partial charge in [-0.1, -0.05) is 12.1 Å². The Morgan fingerprint density at radius 3 is 2.59 bits per heavy atom. The Morgan fingerprint density at radius 2 is 1.91 bits per heavy atom. The lowest BCUT2D eigenvalue weighted by Crippen LogP contribution is -2.51. The van der Waals surface area contributed by atoms with Crippen LogP contribution in [0.2, 0.25) is 0 Å². The van der Waals surface area contributed by atoms with E-state index in [1.54, 1.807) is 12.4 Å². The van der Waals surface area contributed by atoms with Crippen LogP contribution in [0.1, 0.15) is 73.3 Å². The fourth-order valence-electron chi connectivity index (χ4n) is 4.79. The normalized spacial score (nSPS) is 19.9. The molecule has 0 spiro atoms. The average Bonchev–Trinajstić information content (AvgIpc) is 3.31. The van der Waals surface area contributed by atoms with Gasteiger partial charge in [-0.15, -0.1) is 0 Å². The highest BCUT2D eigenvalue weighted by Crippen LogP contribution is 2.31. The molecule has 0 bridgehead atoms. The summed E-state index contributed by atoms with van der Waals surface area (Å²) in [6.07, 6.45) is 9.82. The Kier molecular flexibility index (Phi) is 7.12. The van der Waals surface area contributed by atoms with E-state index < -0.39 is 0 Å². The van der Waals surface area contributed by atoms with Gasteiger partial charge < -0.3 is 14.3 Å². The molecule has 0 aromatic carbocycles. The molecule has 2 aromatic rings. The van der Waals surface area contributed by atoms with E-state index in [9.17, 15) is 9.59 Å². The Balaban J connectivity index is 1.31. The molecular formula is C23H32N6O3. The highest BCUT2D eigenvalue weighted by atomic mass is 16.5. The number of hydrogen-bond donors (Lipinski definition) is 0. The molecule has 2 aliphatic rings. The van der Waals surface area contributed by atoms with E-state index in [1.165, 1.54) is 0 Å². The summed E-state index contributed by atoms with van der Waals surface area (Å²) in [5.41, 5.74) is 1.22. The van der Waals surface area contributed by atoms with Gasteiger partial charge in [0.1, 0.15) is 5.69 Å². The summed E-state index contributed by atoms with van der Waals surface area (Å²) in [7, 11) is 0. The summed E-state index contributed by atoms with van der Waals surface area (Å²) in [6, 6.07) is 0.211. The quantitative estimate of drug-likeness (QED) is 0.680. The Bertz CT molecular complexity index is 920. The van der Waals surface area contributed by atoms with Crippen LogP contribution < -0.4 is 0 Å². The van der Waals surface area contributed by atoms with Gasteiger partial charge in [-0.05, 0) is 44.9 Å². The van der Waals surface area contributed by atoms with Crippen LogP contribution in [0.4, 0.5) is 0 Å². The molecule has 0 unspecified atom stereocenters. The molecule has 0 saturated carbocycles. The lowest BCUT2D eigenvalue weighted by atomic mass is 9.83. The van der Waals surface area contributed by atoms with Crippen LogP contribution in [0, 0.1) is 12.8 Å². The summed E-state index contributed by atoms with van der Waals surface area (Å²) in [4.78, 5) is 42.5. The molecule has 2 amide bonds. The lowest BCUT2D eigenvalue weighted by molar-refractivity contribution is -0.133. The van der Waals surface area contributed by atoms with Gasteiger partial charge in [0.15, 0.2) is 5.82 Å². The predicted molar refractivity (Wildman–Crippen MR) is 117 cm³/mol. The van der Waals surface area contributed by atoms with Gasteiger partial charge in [-0.3, -0.25) is 14.6 Å². The fraction of sp³-hybridized carbons (Fsp3) is 0.652. The standard InChI is InChI=1S/C23H32N6O3/c1-3-20-26-21(32-27-20)7-8-22(30)28-12-9-17(10-13-28)19-6-4-5-11-29(19)23(31)18-15-24-16(2)14-25-18/h14-15,17,19H,3-13H2,1-2H3/t19-/m0/s1. The number of piperidine rings is 2. The first-order valence-corrected chi connectivity index (χ1v) is 11.7. The van der Waals surface area contributed by atoms with Crippen molar-refractivity contribution in [2.45, 2.75) is 71.3 Å². The molecular weight excluding hydrogens is 408 g/mol. The number of likely N-dealkylation sites (tertiary alicyclic amines) is 2. The molecule has 2 fully saturated rings. The van der Waals surface area contributed by atoms with Crippen LogP contribution in [-0.4, -0.2) is 67.4 Å². The van der Waals surface area contributed by atoms with E-state index in [1.807, 2.05) is 23.6 Å². The van der Waals surface area contributed by atoms with Crippen molar-refractivity contribution < 1.29 is 14.1 Å². The van der Waals surface area contributed by atoms with E-state index in [0.717, 1.165) is 63.9 Å². The number of rotatable bonds is 6. The third kappa shape index (κ3) is 5.14. The molecule has 0 N–H and O–H groups in total. The first-order chi connectivity index (χ1) is 15.5. The molecule has 2 aliphatic heterocycles. The van der Waals surface area contributed by atoms with Crippen LogP contribution in [0.3, 0.4) is 0 Å². The minimum atomic E-state index is -0.0216. The van der Waals surface area contributed by atoms with Crippen LogP contribution in [0.25, 0.3) is 0 Å². The van der Waals surface area contributed by atoms with E-state index in [4.69, 9.17) is 4.52 Å². The van der Waals surface area contributed by atoms with E-state index in [-0.39, 0.29) is 17.9 Å². The Labute approximate surface area is 188 Å². The third-order valence-electron chi connectivity index (χ3n) is 6.63. The SMILES string of the molecule is CCc1noc(CCC(=O)N2CCC([C@@H]3CCCCN3C(=O)c3cnc(C)cn3)CC2)n1. The predicted octanol–water partition coefficient (Wildman–Crippen LogP) is 2.60. The lowest BCUT2D eigenvalue weighted by Gasteiger charge is -2.43. The second-order valence-corrected chi connectivity index (χ2v) is 8.78. The first-order valence-electron chi connectivity index (χ1n) is 11.7. The molecule has 9 nitrogen and oxygen atoms in total. The van der Waals surface area contributed by atoms with Gasteiger partial charge in [0, 0.05) is 51.1 Å². The van der Waals surface area contributed by atoms with Crippen LogP contribution in [0.5, 0.6) is 0 Å². The van der Waals surface area contributed by atoms with Gasteiger partial charge in [0.2, 0.25) is 11.8 Å². The smallest absolute Gasteiger partial charge is 0.274 e. The topological polar surface area (TPSA) is 105 Å². The van der Waals surface area contributed by atoms with Gasteiger partial charge in [0.05, 0.1) is 11.9 Å². The summed E-state index contributed by atoms with van der Waals surface area (Å²) in [5.74, 6) is 1.72. The summed E-state index contributed by atoms with van der Waals surface area (Å²) >= 11 is 0. The molecule has 4 rings (SSSR count). The Morgan fingerprint density at radius 1 is 1.09 bits per heavy atom. The second-order valence-electron chi connectivity index (χ2n) is 8.78. The zero-order valence-corrected chi connectivity index (χ0v) is 19.0. The molecule has 1 atom stereocenters. The number of carbonyl (C=O) groups excluding carboxylic acids is 2. The van der Waals surface area contributed by atoms with Crippen molar-refractivity contribution in [3.05, 3.63) is 35.5 Å². The number of nitrogens with zero attached hydrogens (tertiary/aromatic N) is 6. The number of aryl methyl sites for hydroxylation is 3. The summed E-state index contributed by atoms with van der Waals surface area (Å²) < 4.78 is 5.19. The van der Waals surface area contributed by atoms with Gasteiger partial charge in [0.25, 0.3) is 5.91 Å². The Hall–Kier alpha value is -2.84. The molecule has 9 heteroatoms. The number of hydrogen-bond acceptors (Lipinski definition) is 7. The fourth-order valence-corrected chi connectivity index (χ4v) is 4.79. The molecule has 0 aliphatic carbocycles. The second kappa shape index (κ2) is 10.2. The first kappa shape index (κ1) is 22.4. The zero-order valence-electron chi connectivity index (χ0n) is 19.0. The van der Waals surface area contributed by atoms with E-state index >= 15 is 0 Å². The van der Waals surface area contributed by atoms with Crippen molar-refractivity contribution in [1.29, 1.82) is 0 Å². The van der Waals surface area contributed by atoms with Crippen molar-refractivity contribution in [2.24, 2.45) is 5.92 Å². The highest BCUT2D eigenvalue weighted by Gasteiger charge is 2.36. The molecule has 32 heavy (non-hydrogen) atoms. The number of amides is 2. The van der Waals surface area contributed by atoms with Gasteiger partial charge in [-0.25, -0.2) is 4.98 Å². The van der Waals surface area contributed by atoms with Crippen LogP contribution in [-0.2, 0) is 17.6 Å². The maximum Gasteiger partial charge on any atom is 0.274 e. The molecule has 4 heterocycles. The average molecular weight is 441 g/mol. The van der Waals surface area contributed by atoms with Gasteiger partial charge in [-0.2, -0.15) is 4.98 Å². The monoisotopic (exact) mass is 440 g/mol. The maximum atomic E-state index is 13.1. The number of aromatic nitrogens is 4. The van der Waals surface area contributed by atoms with Crippen LogP contribution >= 0.6 is 0 Å². The van der Waals surface area contributed by atoms with Crippen molar-refractivity contribution in [2.75, 3.05) is 19.6 Å². The molecule has 172 valence electrons. The van der Waals surface area contributed by atoms with Crippen molar-refractivity contribution >= 4 is 11.8 Å². The largest absolute Gasteiger partial charge is 0.343 e. The van der Waals surface area contributed by atoms with Crippen molar-refractivity contribution in [3.63, 3.8) is 0 Å². The zero-order chi connectivity index (χ0) is 22.5. The molecule has 0 radical (unpaired) electrons. The molecule has 2 saturated heterocycles. The van der Waals surface area contributed by atoms with Crippen LogP contribution in [0.15, 0.2) is 16.9 Å². The third-order valence-corrected chi connectivity index (χ3v) is 6.63. The number of carbonyl (C=O) groups is 2. The minimum absolute atomic E-state index is 0.0216. The van der Waals surface area contributed by atoms with Crippen molar-refractivity contribution in [3.8, 4) is 0 Å². The summed E-state index contributed by atoms with van der Waals surface area (Å²) in [5, 5.41) is 3.88. The van der Waals surface area contributed by atoms with Crippen molar-refractivity contribution in [1.82, 2.24) is 29.9 Å². The summed E-state index contributed by atoms with van der Waals surface area (Å²) in [6.45, 7) is 6.07. The maximum absolute atomic E-state index is 13.1. The molecule has 2 aromatic heterocycles. The van der Waals surface area contributed by atoms with E-state index in [0.29, 0.717) is 36.2 Å².